The Morgan fingerprint density at radius 3 is 2.54 bits per heavy atom. The molecule has 0 saturated carbocycles. The van der Waals surface area contributed by atoms with Crippen molar-refractivity contribution in [2.75, 3.05) is 13.2 Å². The van der Waals surface area contributed by atoms with Gasteiger partial charge in [0, 0.05) is 11.6 Å². The van der Waals surface area contributed by atoms with Crippen LogP contribution in [0.5, 0.6) is 0 Å². The number of nitrogens with zero attached hydrogens (tertiary/aromatic N) is 2. The first-order valence-corrected chi connectivity index (χ1v) is 7.20. The number of carbonyl (C=O) groups excluding carboxylic acids is 3. The SMILES string of the molecule is CC(C)(C)NC(=O)OCCN1C(=O)c2cccc([N+](=O)[O-])c2C1=O. The minimum Gasteiger partial charge on any atom is -0.448 e. The first-order valence-electron chi connectivity index (χ1n) is 7.20. The molecule has 1 heterocycles. The number of nitro groups is 1. The summed E-state index contributed by atoms with van der Waals surface area (Å²) in [4.78, 5) is 47.2. The second-order valence-electron chi connectivity index (χ2n) is 6.23. The lowest BCUT2D eigenvalue weighted by Gasteiger charge is -2.20. The molecule has 128 valence electrons. The normalized spacial score (nSPS) is 13.7. The van der Waals surface area contributed by atoms with Gasteiger partial charge >= 0.3 is 6.09 Å². The number of benzene rings is 1. The summed E-state index contributed by atoms with van der Waals surface area (Å²) in [7, 11) is 0. The second kappa shape index (κ2) is 6.26. The lowest BCUT2D eigenvalue weighted by molar-refractivity contribution is -0.385. The summed E-state index contributed by atoms with van der Waals surface area (Å²) in [6.07, 6.45) is -0.676. The Balaban J connectivity index is 2.05. The summed E-state index contributed by atoms with van der Waals surface area (Å²) >= 11 is 0. The van der Waals surface area contributed by atoms with Crippen molar-refractivity contribution in [2.24, 2.45) is 0 Å². The average Bonchev–Trinajstić information content (AvgIpc) is 2.70. The van der Waals surface area contributed by atoms with Gasteiger partial charge in [-0.1, -0.05) is 6.07 Å². The van der Waals surface area contributed by atoms with Gasteiger partial charge in [-0.05, 0) is 26.8 Å². The number of imide groups is 1. The topological polar surface area (TPSA) is 119 Å². The molecule has 1 aromatic carbocycles. The molecule has 0 atom stereocenters. The zero-order chi connectivity index (χ0) is 18.1. The summed E-state index contributed by atoms with van der Waals surface area (Å²) in [5.74, 6) is -1.40. The monoisotopic (exact) mass is 335 g/mol. The van der Waals surface area contributed by atoms with Crippen LogP contribution in [0.1, 0.15) is 41.5 Å². The number of nitrogens with one attached hydrogen (secondary N) is 1. The summed E-state index contributed by atoms with van der Waals surface area (Å²) in [6.45, 7) is 4.94. The first-order chi connectivity index (χ1) is 11.1. The van der Waals surface area contributed by atoms with E-state index in [1.165, 1.54) is 18.2 Å². The van der Waals surface area contributed by atoms with E-state index in [-0.39, 0.29) is 24.3 Å². The van der Waals surface area contributed by atoms with Gasteiger partial charge in [-0.3, -0.25) is 24.6 Å². The van der Waals surface area contributed by atoms with Crippen molar-refractivity contribution in [1.29, 1.82) is 0 Å². The third-order valence-electron chi connectivity index (χ3n) is 3.20. The quantitative estimate of drug-likeness (QED) is 0.508. The standard InChI is InChI=1S/C15H17N3O6/c1-15(2,3)16-14(21)24-8-7-17-12(19)9-5-4-6-10(18(22)23)11(9)13(17)20/h4-6H,7-8H2,1-3H3,(H,16,21). The maximum atomic E-state index is 12.3. The lowest BCUT2D eigenvalue weighted by atomic mass is 10.1. The maximum absolute atomic E-state index is 12.3. The van der Waals surface area contributed by atoms with E-state index < -0.39 is 34.1 Å². The van der Waals surface area contributed by atoms with Crippen molar-refractivity contribution in [3.05, 3.63) is 39.4 Å². The zero-order valence-corrected chi connectivity index (χ0v) is 13.5. The first kappa shape index (κ1) is 17.4. The lowest BCUT2D eigenvalue weighted by Crippen LogP contribution is -2.42. The smallest absolute Gasteiger partial charge is 0.407 e. The van der Waals surface area contributed by atoms with Crippen LogP contribution in [0.2, 0.25) is 0 Å². The van der Waals surface area contributed by atoms with E-state index in [1.54, 1.807) is 20.8 Å². The number of ether oxygens (including phenoxy) is 1. The molecule has 0 bridgehead atoms. The van der Waals surface area contributed by atoms with E-state index in [0.29, 0.717) is 0 Å². The summed E-state index contributed by atoms with van der Waals surface area (Å²) < 4.78 is 4.92. The van der Waals surface area contributed by atoms with Gasteiger partial charge in [0.2, 0.25) is 0 Å². The van der Waals surface area contributed by atoms with Crippen LogP contribution in [-0.2, 0) is 4.74 Å². The molecule has 1 aliphatic rings. The molecule has 1 N–H and O–H groups in total. The number of carbonyl (C=O) groups is 3. The van der Waals surface area contributed by atoms with Gasteiger partial charge in [0.15, 0.2) is 0 Å². The van der Waals surface area contributed by atoms with Gasteiger partial charge in [0.25, 0.3) is 17.5 Å². The molecule has 24 heavy (non-hydrogen) atoms. The van der Waals surface area contributed by atoms with Crippen molar-refractivity contribution >= 4 is 23.6 Å². The molecule has 0 saturated heterocycles. The largest absolute Gasteiger partial charge is 0.448 e. The Bertz CT molecular complexity index is 722. The highest BCUT2D eigenvalue weighted by molar-refractivity contribution is 6.23. The van der Waals surface area contributed by atoms with Crippen LogP contribution >= 0.6 is 0 Å². The molecule has 1 aliphatic heterocycles. The van der Waals surface area contributed by atoms with Crippen LogP contribution in [0.4, 0.5) is 10.5 Å². The molecule has 2 rings (SSSR count). The molecule has 9 heteroatoms. The minimum absolute atomic E-state index is 0.0201. The summed E-state index contributed by atoms with van der Waals surface area (Å²) in [5, 5.41) is 13.6. The fraction of sp³-hybridized carbons (Fsp3) is 0.400. The fourth-order valence-corrected chi connectivity index (χ4v) is 2.24. The average molecular weight is 335 g/mol. The molecule has 3 amide bonds. The van der Waals surface area contributed by atoms with Crippen molar-refractivity contribution in [3.63, 3.8) is 0 Å². The van der Waals surface area contributed by atoms with Crippen LogP contribution in [-0.4, -0.2) is 46.4 Å². The molecule has 0 spiro atoms. The number of rotatable bonds is 4. The Hall–Kier alpha value is -2.97. The number of fused-ring (bicyclic) bond motifs is 1. The Morgan fingerprint density at radius 2 is 1.96 bits per heavy atom. The van der Waals surface area contributed by atoms with Crippen molar-refractivity contribution < 1.29 is 24.0 Å². The number of hydrogen-bond acceptors (Lipinski definition) is 6. The van der Waals surface area contributed by atoms with E-state index in [0.717, 1.165) is 4.90 Å². The molecule has 9 nitrogen and oxygen atoms in total. The van der Waals surface area contributed by atoms with Crippen LogP contribution in [0.15, 0.2) is 18.2 Å². The number of nitro benzene ring substituents is 1. The van der Waals surface area contributed by atoms with Crippen LogP contribution in [0.3, 0.4) is 0 Å². The molecular weight excluding hydrogens is 318 g/mol. The van der Waals surface area contributed by atoms with E-state index >= 15 is 0 Å². The van der Waals surface area contributed by atoms with E-state index in [2.05, 4.69) is 5.32 Å². The van der Waals surface area contributed by atoms with Gasteiger partial charge in [0.05, 0.1) is 17.0 Å². The Morgan fingerprint density at radius 1 is 1.29 bits per heavy atom. The third kappa shape index (κ3) is 3.50. The van der Waals surface area contributed by atoms with Gasteiger partial charge in [-0.2, -0.15) is 0 Å². The van der Waals surface area contributed by atoms with Gasteiger partial charge in [-0.25, -0.2) is 4.79 Å². The minimum atomic E-state index is -0.762. The highest BCUT2D eigenvalue weighted by atomic mass is 16.6. The molecule has 1 aromatic rings. The highest BCUT2D eigenvalue weighted by Gasteiger charge is 2.40. The van der Waals surface area contributed by atoms with E-state index in [9.17, 15) is 24.5 Å². The van der Waals surface area contributed by atoms with Crippen molar-refractivity contribution in [1.82, 2.24) is 10.2 Å². The fourth-order valence-electron chi connectivity index (χ4n) is 2.24. The molecular formula is C15H17N3O6. The Kier molecular flexibility index (Phi) is 4.54. The van der Waals surface area contributed by atoms with Crippen LogP contribution in [0.25, 0.3) is 0 Å². The predicted octanol–water partition coefficient (Wildman–Crippen LogP) is 1.72. The maximum Gasteiger partial charge on any atom is 0.407 e. The molecule has 0 aromatic heterocycles. The van der Waals surface area contributed by atoms with E-state index in [1.807, 2.05) is 0 Å². The van der Waals surface area contributed by atoms with Crippen LogP contribution < -0.4 is 5.32 Å². The third-order valence-corrected chi connectivity index (χ3v) is 3.20. The van der Waals surface area contributed by atoms with Gasteiger partial charge in [0.1, 0.15) is 12.2 Å². The predicted molar refractivity (Wildman–Crippen MR) is 82.7 cm³/mol. The molecule has 0 fully saturated rings. The highest BCUT2D eigenvalue weighted by Crippen LogP contribution is 2.30. The molecule has 0 aliphatic carbocycles. The summed E-state index contributed by atoms with van der Waals surface area (Å²) in [6, 6.07) is 3.87. The molecule has 0 unspecified atom stereocenters. The van der Waals surface area contributed by atoms with Gasteiger partial charge < -0.3 is 10.1 Å². The van der Waals surface area contributed by atoms with Crippen LogP contribution in [0, 0.1) is 10.1 Å². The number of alkyl carbamates (subject to hydrolysis) is 1. The van der Waals surface area contributed by atoms with E-state index in [4.69, 9.17) is 4.74 Å². The summed E-state index contributed by atoms with van der Waals surface area (Å²) in [5.41, 5.74) is -1.15. The van der Waals surface area contributed by atoms with Crippen molar-refractivity contribution in [2.45, 2.75) is 26.3 Å². The zero-order valence-electron chi connectivity index (χ0n) is 13.5. The van der Waals surface area contributed by atoms with Crippen molar-refractivity contribution in [3.8, 4) is 0 Å². The molecule has 0 radical (unpaired) electrons. The number of hydrogen-bond donors (Lipinski definition) is 1. The number of amides is 3. The second-order valence-corrected chi connectivity index (χ2v) is 6.23. The Labute approximate surface area is 137 Å². The van der Waals surface area contributed by atoms with Gasteiger partial charge in [-0.15, -0.1) is 0 Å².